The van der Waals surface area contributed by atoms with Gasteiger partial charge in [0.05, 0.1) is 19.0 Å². The molecule has 128 valence electrons. The van der Waals surface area contributed by atoms with E-state index < -0.39 is 0 Å². The fourth-order valence-electron chi connectivity index (χ4n) is 3.53. The molecule has 4 nitrogen and oxygen atoms in total. The van der Waals surface area contributed by atoms with E-state index >= 15 is 0 Å². The van der Waals surface area contributed by atoms with Crippen LogP contribution >= 0.6 is 0 Å². The van der Waals surface area contributed by atoms with Gasteiger partial charge in [-0.05, 0) is 23.8 Å². The van der Waals surface area contributed by atoms with E-state index in [4.69, 9.17) is 4.74 Å². The van der Waals surface area contributed by atoms with Gasteiger partial charge in [0.2, 0.25) is 5.91 Å². The molecule has 0 unspecified atom stereocenters. The van der Waals surface area contributed by atoms with Crippen molar-refractivity contribution in [3.8, 4) is 5.75 Å². The van der Waals surface area contributed by atoms with Gasteiger partial charge in [-0.3, -0.25) is 4.79 Å². The van der Waals surface area contributed by atoms with Gasteiger partial charge in [-0.2, -0.15) is 0 Å². The lowest BCUT2D eigenvalue weighted by Gasteiger charge is -2.27. The monoisotopic (exact) mass is 338 g/mol. The lowest BCUT2D eigenvalue weighted by molar-refractivity contribution is -0.131. The molecule has 1 aliphatic heterocycles. The first-order valence-electron chi connectivity index (χ1n) is 8.34. The number of benzene rings is 2. The molecule has 0 spiro atoms. The summed E-state index contributed by atoms with van der Waals surface area (Å²) in [5, 5.41) is 1.10. The van der Waals surface area contributed by atoms with Gasteiger partial charge in [-0.1, -0.05) is 24.3 Å². The van der Waals surface area contributed by atoms with Crippen molar-refractivity contribution in [2.45, 2.75) is 19.4 Å². The summed E-state index contributed by atoms with van der Waals surface area (Å²) < 4.78 is 18.7. The summed E-state index contributed by atoms with van der Waals surface area (Å²) in [6.07, 6.45) is 1.00. The second-order valence-corrected chi connectivity index (χ2v) is 6.34. The summed E-state index contributed by atoms with van der Waals surface area (Å²) in [5.74, 6) is 0.521. The summed E-state index contributed by atoms with van der Waals surface area (Å²) in [6, 6.07) is 12.2. The average molecular weight is 338 g/mol. The minimum atomic E-state index is -0.310. The molecular formula is C20H19FN2O2. The number of para-hydroxylation sites is 1. The first kappa shape index (κ1) is 15.7. The van der Waals surface area contributed by atoms with Gasteiger partial charge in [-0.15, -0.1) is 0 Å². The zero-order valence-electron chi connectivity index (χ0n) is 14.0. The van der Waals surface area contributed by atoms with Gasteiger partial charge in [-0.25, -0.2) is 4.39 Å². The van der Waals surface area contributed by atoms with Crippen molar-refractivity contribution in [3.05, 3.63) is 65.1 Å². The molecule has 1 amide bonds. The highest BCUT2D eigenvalue weighted by atomic mass is 19.1. The molecule has 0 fully saturated rings. The fraction of sp³-hybridized carbons (Fsp3) is 0.250. The van der Waals surface area contributed by atoms with Crippen LogP contribution in [0.5, 0.6) is 5.75 Å². The number of amides is 1. The molecule has 1 aliphatic rings. The zero-order valence-corrected chi connectivity index (χ0v) is 14.0. The van der Waals surface area contributed by atoms with Crippen LogP contribution < -0.4 is 4.74 Å². The van der Waals surface area contributed by atoms with Gasteiger partial charge in [0, 0.05) is 36.2 Å². The van der Waals surface area contributed by atoms with E-state index in [-0.39, 0.29) is 18.1 Å². The van der Waals surface area contributed by atoms with Crippen LogP contribution in [0.2, 0.25) is 0 Å². The number of nitrogens with one attached hydrogen (secondary N) is 1. The van der Waals surface area contributed by atoms with Crippen LogP contribution in [-0.4, -0.2) is 29.4 Å². The molecule has 25 heavy (non-hydrogen) atoms. The number of nitrogens with zero attached hydrogens (tertiary/aromatic N) is 1. The lowest BCUT2D eigenvalue weighted by Crippen LogP contribution is -2.36. The van der Waals surface area contributed by atoms with Crippen molar-refractivity contribution in [1.29, 1.82) is 0 Å². The standard InChI is InChI=1S/C20H19FN2O2/c1-25-18-7-3-6-15-16-12-23(9-8-17(16)22-20(15)18)19(24)11-13-4-2-5-14(21)10-13/h2-7,10,22H,8-9,11-12H2,1H3. The predicted molar refractivity (Wildman–Crippen MR) is 94.1 cm³/mol. The Morgan fingerprint density at radius 1 is 1.28 bits per heavy atom. The Labute approximate surface area is 145 Å². The number of carbonyl (C=O) groups excluding carboxylic acids is 1. The van der Waals surface area contributed by atoms with E-state index in [2.05, 4.69) is 4.98 Å². The molecule has 0 radical (unpaired) electrons. The van der Waals surface area contributed by atoms with Crippen LogP contribution in [0, 0.1) is 5.82 Å². The van der Waals surface area contributed by atoms with Crippen LogP contribution in [0.15, 0.2) is 42.5 Å². The van der Waals surface area contributed by atoms with E-state index in [1.807, 2.05) is 23.1 Å². The summed E-state index contributed by atoms with van der Waals surface area (Å²) in [7, 11) is 1.66. The van der Waals surface area contributed by atoms with E-state index in [1.165, 1.54) is 12.1 Å². The summed E-state index contributed by atoms with van der Waals surface area (Å²) >= 11 is 0. The number of hydrogen-bond acceptors (Lipinski definition) is 2. The predicted octanol–water partition coefficient (Wildman–Crippen LogP) is 3.44. The van der Waals surface area contributed by atoms with E-state index in [1.54, 1.807) is 19.2 Å². The minimum absolute atomic E-state index is 0.0218. The Morgan fingerprint density at radius 2 is 2.12 bits per heavy atom. The van der Waals surface area contributed by atoms with Crippen LogP contribution in [-0.2, 0) is 24.2 Å². The Morgan fingerprint density at radius 3 is 2.92 bits per heavy atom. The molecule has 0 aliphatic carbocycles. The Bertz CT molecular complexity index is 948. The molecule has 2 aromatic carbocycles. The number of hydrogen-bond donors (Lipinski definition) is 1. The SMILES string of the molecule is COc1cccc2c3c([nH]c12)CCN(C(=O)Cc1cccc(F)c1)C3. The van der Waals surface area contributed by atoms with Gasteiger partial charge < -0.3 is 14.6 Å². The molecule has 0 saturated carbocycles. The highest BCUT2D eigenvalue weighted by Crippen LogP contribution is 2.32. The molecular weight excluding hydrogens is 319 g/mol. The normalized spacial score (nSPS) is 13.8. The van der Waals surface area contributed by atoms with Crippen LogP contribution in [0.3, 0.4) is 0 Å². The Kier molecular flexibility index (Phi) is 3.92. The average Bonchev–Trinajstić information content (AvgIpc) is 2.99. The number of H-pyrrole nitrogens is 1. The molecule has 4 rings (SSSR count). The van der Waals surface area contributed by atoms with Gasteiger partial charge >= 0.3 is 0 Å². The van der Waals surface area contributed by atoms with Crippen molar-refractivity contribution >= 4 is 16.8 Å². The number of carbonyl (C=O) groups is 1. The molecule has 5 heteroatoms. The van der Waals surface area contributed by atoms with Crippen molar-refractivity contribution in [3.63, 3.8) is 0 Å². The summed E-state index contributed by atoms with van der Waals surface area (Å²) in [5.41, 5.74) is 3.99. The van der Waals surface area contributed by atoms with E-state index in [9.17, 15) is 9.18 Å². The fourth-order valence-corrected chi connectivity index (χ4v) is 3.53. The third kappa shape index (κ3) is 2.86. The van der Waals surface area contributed by atoms with Gasteiger partial charge in [0.1, 0.15) is 11.6 Å². The smallest absolute Gasteiger partial charge is 0.227 e. The second-order valence-electron chi connectivity index (χ2n) is 6.34. The van der Waals surface area contributed by atoms with Gasteiger partial charge in [0.15, 0.2) is 0 Å². The van der Waals surface area contributed by atoms with Crippen LogP contribution in [0.4, 0.5) is 4.39 Å². The van der Waals surface area contributed by atoms with Crippen molar-refractivity contribution in [1.82, 2.24) is 9.88 Å². The van der Waals surface area contributed by atoms with E-state index in [0.29, 0.717) is 18.7 Å². The van der Waals surface area contributed by atoms with Crippen LogP contribution in [0.25, 0.3) is 10.9 Å². The van der Waals surface area contributed by atoms with Crippen molar-refractivity contribution in [2.75, 3.05) is 13.7 Å². The summed E-state index contributed by atoms with van der Waals surface area (Å²) in [4.78, 5) is 17.9. The Hall–Kier alpha value is -2.82. The maximum absolute atomic E-state index is 13.3. The molecule has 0 atom stereocenters. The molecule has 3 aromatic rings. The topological polar surface area (TPSA) is 45.3 Å². The largest absolute Gasteiger partial charge is 0.495 e. The molecule has 1 N–H and O–H groups in total. The highest BCUT2D eigenvalue weighted by molar-refractivity contribution is 5.90. The number of rotatable bonds is 3. The first-order valence-corrected chi connectivity index (χ1v) is 8.34. The molecule has 2 heterocycles. The zero-order chi connectivity index (χ0) is 17.4. The number of halogens is 1. The first-order chi connectivity index (χ1) is 12.2. The lowest BCUT2D eigenvalue weighted by atomic mass is 10.0. The minimum Gasteiger partial charge on any atom is -0.495 e. The number of fused-ring (bicyclic) bond motifs is 3. The molecule has 0 saturated heterocycles. The third-order valence-corrected chi connectivity index (χ3v) is 4.79. The maximum Gasteiger partial charge on any atom is 0.227 e. The molecule has 0 bridgehead atoms. The van der Waals surface area contributed by atoms with Gasteiger partial charge in [0.25, 0.3) is 0 Å². The van der Waals surface area contributed by atoms with Crippen LogP contribution in [0.1, 0.15) is 16.8 Å². The third-order valence-electron chi connectivity index (χ3n) is 4.79. The number of aromatic amines is 1. The highest BCUT2D eigenvalue weighted by Gasteiger charge is 2.24. The quantitative estimate of drug-likeness (QED) is 0.795. The van der Waals surface area contributed by atoms with Crippen molar-refractivity contribution in [2.24, 2.45) is 0 Å². The summed E-state index contributed by atoms with van der Waals surface area (Å²) in [6.45, 7) is 1.23. The number of methoxy groups -OCH3 is 1. The molecule has 1 aromatic heterocycles. The van der Waals surface area contributed by atoms with E-state index in [0.717, 1.165) is 34.3 Å². The van der Waals surface area contributed by atoms with Crippen molar-refractivity contribution < 1.29 is 13.9 Å². The number of ether oxygens (including phenoxy) is 1. The second kappa shape index (κ2) is 6.24. The maximum atomic E-state index is 13.3. The number of aromatic nitrogens is 1. The Balaban J connectivity index is 1.59.